The minimum atomic E-state index is -0.0550. The summed E-state index contributed by atoms with van der Waals surface area (Å²) in [6.07, 6.45) is 3.76. The summed E-state index contributed by atoms with van der Waals surface area (Å²) in [4.78, 5) is 14.4. The smallest absolute Gasteiger partial charge is 0.256 e. The van der Waals surface area contributed by atoms with Gasteiger partial charge in [0.25, 0.3) is 5.91 Å². The van der Waals surface area contributed by atoms with E-state index < -0.39 is 0 Å². The van der Waals surface area contributed by atoms with Crippen molar-refractivity contribution in [3.05, 3.63) is 71.6 Å². The number of carbonyl (C=O) groups excluding carboxylic acids is 1. The topological polar surface area (TPSA) is 76.8 Å². The Hall–Kier alpha value is -3.09. The fourth-order valence-electron chi connectivity index (χ4n) is 3.27. The molecule has 3 aromatic rings. The van der Waals surface area contributed by atoms with Crippen molar-refractivity contribution >= 4 is 5.91 Å². The fourth-order valence-corrected chi connectivity index (χ4v) is 3.27. The second kappa shape index (κ2) is 6.43. The van der Waals surface area contributed by atoms with Crippen LogP contribution in [0.2, 0.25) is 0 Å². The van der Waals surface area contributed by atoms with Gasteiger partial charge in [-0.05, 0) is 18.6 Å². The molecular weight excluding hydrogens is 316 g/mol. The summed E-state index contributed by atoms with van der Waals surface area (Å²) < 4.78 is 2.15. The minimum absolute atomic E-state index is 0.0550. The number of amides is 1. The third-order valence-electron chi connectivity index (χ3n) is 4.42. The summed E-state index contributed by atoms with van der Waals surface area (Å²) in [5.41, 5.74) is 1.74. The summed E-state index contributed by atoms with van der Waals surface area (Å²) in [5.74, 6) is 1.70. The first-order chi connectivity index (χ1) is 12.2. The molecule has 0 radical (unpaired) electrons. The van der Waals surface area contributed by atoms with Crippen LogP contribution in [0.25, 0.3) is 0 Å². The zero-order chi connectivity index (χ0) is 17.2. The van der Waals surface area contributed by atoms with Crippen LogP contribution in [0.5, 0.6) is 0 Å². The van der Waals surface area contributed by atoms with E-state index in [9.17, 15) is 4.79 Å². The molecule has 0 unspecified atom stereocenters. The second-order valence-electron chi connectivity index (χ2n) is 6.23. The van der Waals surface area contributed by atoms with Gasteiger partial charge in [0.05, 0.1) is 30.5 Å². The Morgan fingerprint density at radius 2 is 2.00 bits per heavy atom. The number of hydrogen-bond donors (Lipinski definition) is 0. The highest BCUT2D eigenvalue weighted by Gasteiger charge is 2.29. The molecule has 7 heteroatoms. The average molecular weight is 334 g/mol. The third-order valence-corrected chi connectivity index (χ3v) is 4.42. The lowest BCUT2D eigenvalue weighted by atomic mass is 10.1. The monoisotopic (exact) mass is 334 g/mol. The van der Waals surface area contributed by atoms with Crippen molar-refractivity contribution in [2.75, 3.05) is 6.54 Å². The van der Waals surface area contributed by atoms with E-state index in [0.29, 0.717) is 18.7 Å². The molecule has 0 bridgehead atoms. The molecule has 0 spiro atoms. The van der Waals surface area contributed by atoms with Gasteiger partial charge >= 0.3 is 0 Å². The molecule has 0 N–H and O–H groups in total. The van der Waals surface area contributed by atoms with E-state index >= 15 is 0 Å². The van der Waals surface area contributed by atoms with Crippen molar-refractivity contribution in [1.82, 2.24) is 29.9 Å². The zero-order valence-corrected chi connectivity index (χ0v) is 13.9. The maximum atomic E-state index is 12.7. The first kappa shape index (κ1) is 15.4. The van der Waals surface area contributed by atoms with Crippen LogP contribution >= 0.6 is 0 Å². The summed E-state index contributed by atoms with van der Waals surface area (Å²) in [6.45, 7) is 3.16. The van der Waals surface area contributed by atoms with Gasteiger partial charge < -0.3 is 9.47 Å². The molecule has 2 aromatic heterocycles. The summed E-state index contributed by atoms with van der Waals surface area (Å²) >= 11 is 0. The van der Waals surface area contributed by atoms with E-state index in [4.69, 9.17) is 0 Å². The number of benzene rings is 1. The number of carbonyl (C=O) groups is 1. The Morgan fingerprint density at radius 3 is 2.76 bits per heavy atom. The molecule has 7 nitrogen and oxygen atoms in total. The molecule has 1 amide bonds. The molecule has 1 aliphatic rings. The molecule has 1 aliphatic heterocycles. The van der Waals surface area contributed by atoms with Gasteiger partial charge in [-0.2, -0.15) is 10.2 Å². The normalized spacial score (nSPS) is 16.5. The molecular formula is C18H18N6O. The molecule has 25 heavy (non-hydrogen) atoms. The number of nitrogens with zero attached hydrogens (tertiary/aromatic N) is 6. The Kier molecular flexibility index (Phi) is 3.97. The summed E-state index contributed by atoms with van der Waals surface area (Å²) in [7, 11) is 0. The van der Waals surface area contributed by atoms with Crippen molar-refractivity contribution in [2.24, 2.45) is 0 Å². The maximum absolute atomic E-state index is 12.7. The van der Waals surface area contributed by atoms with Gasteiger partial charge in [-0.25, -0.2) is 0 Å². The summed E-state index contributed by atoms with van der Waals surface area (Å²) in [5, 5.41) is 16.2. The minimum Gasteiger partial charge on any atom is -0.329 e. The first-order valence-corrected chi connectivity index (χ1v) is 8.25. The van der Waals surface area contributed by atoms with Crippen molar-refractivity contribution in [1.29, 1.82) is 0 Å². The van der Waals surface area contributed by atoms with E-state index in [1.54, 1.807) is 11.0 Å². The van der Waals surface area contributed by atoms with Crippen molar-refractivity contribution < 1.29 is 4.79 Å². The van der Waals surface area contributed by atoms with Crippen molar-refractivity contribution in [3.63, 3.8) is 0 Å². The molecule has 4 rings (SSSR count). The van der Waals surface area contributed by atoms with E-state index in [0.717, 1.165) is 18.1 Å². The van der Waals surface area contributed by atoms with Crippen LogP contribution in [0.1, 0.15) is 40.5 Å². The van der Waals surface area contributed by atoms with Gasteiger partial charge in [-0.1, -0.05) is 30.3 Å². The quantitative estimate of drug-likeness (QED) is 0.731. The number of aromatic nitrogens is 5. The van der Waals surface area contributed by atoms with E-state index in [1.807, 2.05) is 18.2 Å². The first-order valence-electron chi connectivity index (χ1n) is 8.25. The van der Waals surface area contributed by atoms with Crippen LogP contribution < -0.4 is 0 Å². The lowest BCUT2D eigenvalue weighted by Crippen LogP contribution is -2.40. The van der Waals surface area contributed by atoms with E-state index in [1.165, 1.54) is 18.0 Å². The molecule has 1 atom stereocenters. The zero-order valence-electron chi connectivity index (χ0n) is 13.9. The van der Waals surface area contributed by atoms with Crippen LogP contribution in [-0.2, 0) is 13.0 Å². The van der Waals surface area contributed by atoms with Crippen LogP contribution in [0.15, 0.2) is 48.8 Å². The number of rotatable bonds is 3. The molecule has 1 aromatic carbocycles. The Balaban J connectivity index is 1.57. The summed E-state index contributed by atoms with van der Waals surface area (Å²) in [6, 6.07) is 12.0. The second-order valence-corrected chi connectivity index (χ2v) is 6.23. The highest BCUT2D eigenvalue weighted by molar-refractivity contribution is 5.93. The number of fused-ring (bicyclic) bond motifs is 1. The van der Waals surface area contributed by atoms with Crippen molar-refractivity contribution in [2.45, 2.75) is 25.9 Å². The average Bonchev–Trinajstić information content (AvgIpc) is 3.06. The predicted octanol–water partition coefficient (Wildman–Crippen LogP) is 1.88. The van der Waals surface area contributed by atoms with Gasteiger partial charge in [0.15, 0.2) is 5.82 Å². The Bertz CT molecular complexity index is 877. The molecule has 3 heterocycles. The Morgan fingerprint density at radius 1 is 1.16 bits per heavy atom. The van der Waals surface area contributed by atoms with Crippen LogP contribution in [0, 0.1) is 0 Å². The van der Waals surface area contributed by atoms with Gasteiger partial charge in [0.1, 0.15) is 5.82 Å². The lowest BCUT2D eigenvalue weighted by Gasteiger charge is -2.32. The highest BCUT2D eigenvalue weighted by atomic mass is 16.2. The highest BCUT2D eigenvalue weighted by Crippen LogP contribution is 2.24. The van der Waals surface area contributed by atoms with Crippen LogP contribution in [-0.4, -0.2) is 42.3 Å². The van der Waals surface area contributed by atoms with Gasteiger partial charge in [0, 0.05) is 13.0 Å². The SMILES string of the molecule is C[C@H]1CN(C(=O)c2ccnnc2)Cc2nnc(Cc3ccccc3)n21. The van der Waals surface area contributed by atoms with Crippen LogP contribution in [0.4, 0.5) is 0 Å². The lowest BCUT2D eigenvalue weighted by molar-refractivity contribution is 0.0679. The number of hydrogen-bond acceptors (Lipinski definition) is 5. The van der Waals surface area contributed by atoms with Gasteiger partial charge in [-0.15, -0.1) is 10.2 Å². The largest absolute Gasteiger partial charge is 0.329 e. The van der Waals surface area contributed by atoms with Crippen LogP contribution in [0.3, 0.4) is 0 Å². The molecule has 126 valence electrons. The van der Waals surface area contributed by atoms with E-state index in [2.05, 4.69) is 44.0 Å². The van der Waals surface area contributed by atoms with Gasteiger partial charge in [-0.3, -0.25) is 4.79 Å². The van der Waals surface area contributed by atoms with Crippen molar-refractivity contribution in [3.8, 4) is 0 Å². The standard InChI is InChI=1S/C18H18N6O/c1-13-11-23(18(25)15-7-8-19-20-10-15)12-17-22-21-16(24(13)17)9-14-5-3-2-4-6-14/h2-8,10,13H,9,11-12H2,1H3/t13-/m0/s1. The molecule has 0 saturated carbocycles. The molecule has 0 saturated heterocycles. The molecule has 0 aliphatic carbocycles. The van der Waals surface area contributed by atoms with Gasteiger partial charge in [0.2, 0.25) is 0 Å². The Labute approximate surface area is 145 Å². The fraction of sp³-hybridized carbons (Fsp3) is 0.278. The maximum Gasteiger partial charge on any atom is 0.256 e. The predicted molar refractivity (Wildman–Crippen MR) is 90.8 cm³/mol. The van der Waals surface area contributed by atoms with E-state index in [-0.39, 0.29) is 11.9 Å². The molecule has 0 fully saturated rings. The third kappa shape index (κ3) is 3.00.